The highest BCUT2D eigenvalue weighted by Gasteiger charge is 2.35. The zero-order valence-electron chi connectivity index (χ0n) is 32.7. The number of para-hydroxylation sites is 3. The summed E-state index contributed by atoms with van der Waals surface area (Å²) >= 11 is 0. The van der Waals surface area contributed by atoms with E-state index < -0.39 is 0 Å². The van der Waals surface area contributed by atoms with Crippen LogP contribution in [0.1, 0.15) is 61.3 Å². The molecule has 0 saturated carbocycles. The van der Waals surface area contributed by atoms with Crippen LogP contribution >= 0.6 is 0 Å². The summed E-state index contributed by atoms with van der Waals surface area (Å²) in [6.07, 6.45) is 28.0. The number of fused-ring (bicyclic) bond motifs is 6. The zero-order valence-corrected chi connectivity index (χ0v) is 32.7. The second-order valence-electron chi connectivity index (χ2n) is 16.0. The fourth-order valence-corrected chi connectivity index (χ4v) is 9.80. The van der Waals surface area contributed by atoms with Gasteiger partial charge in [-0.15, -0.1) is 0 Å². The Bertz CT molecular complexity index is 2770. The molecule has 1 unspecified atom stereocenters. The number of rotatable bonds is 8. The molecule has 0 saturated heterocycles. The number of hydrogen-bond donors (Lipinski definition) is 1. The van der Waals surface area contributed by atoms with Crippen LogP contribution in [0.3, 0.4) is 0 Å². The van der Waals surface area contributed by atoms with E-state index >= 15 is 0 Å². The van der Waals surface area contributed by atoms with Gasteiger partial charge < -0.3 is 19.7 Å². The molecule has 4 aliphatic carbocycles. The van der Waals surface area contributed by atoms with Crippen LogP contribution in [0, 0.1) is 0 Å². The molecule has 0 radical (unpaired) electrons. The van der Waals surface area contributed by atoms with Crippen LogP contribution in [0.4, 0.5) is 28.4 Å². The highest BCUT2D eigenvalue weighted by atomic mass is 15.2. The minimum atomic E-state index is 0.408. The van der Waals surface area contributed by atoms with Crippen molar-refractivity contribution in [3.8, 4) is 5.69 Å². The van der Waals surface area contributed by atoms with E-state index in [1.54, 1.807) is 0 Å². The molecule has 0 bridgehead atoms. The Morgan fingerprint density at radius 1 is 0.603 bits per heavy atom. The number of hydrogen-bond acceptors (Lipinski definition) is 3. The van der Waals surface area contributed by atoms with Gasteiger partial charge >= 0.3 is 0 Å². The van der Waals surface area contributed by atoms with E-state index in [1.807, 2.05) is 0 Å². The van der Waals surface area contributed by atoms with Crippen LogP contribution in [-0.2, 0) is 6.42 Å². The summed E-state index contributed by atoms with van der Waals surface area (Å²) in [5.41, 5.74) is 19.5. The first-order valence-corrected chi connectivity index (χ1v) is 20.9. The van der Waals surface area contributed by atoms with Gasteiger partial charge in [0, 0.05) is 68.1 Å². The molecule has 0 amide bonds. The Balaban J connectivity index is 0.877. The Kier molecular flexibility index (Phi) is 8.69. The molecular formula is C54H46N4. The molecule has 0 spiro atoms. The Labute approximate surface area is 341 Å². The largest absolute Gasteiger partial charge is 0.359 e. The van der Waals surface area contributed by atoms with Crippen molar-refractivity contribution in [3.63, 3.8) is 0 Å². The van der Waals surface area contributed by atoms with E-state index in [1.165, 1.54) is 84.4 Å². The summed E-state index contributed by atoms with van der Waals surface area (Å²) in [4.78, 5) is 4.92. The SMILES string of the molecule is C1=CCC2C(=C1)N(c1ccccc1)c1cc(NC3=CC=C(C4=CC=C(N(c5ccccc5)c5ccc6c7c(n(-c8ccccc8)c6c5)CCC=C7)CC4)CC3)ccc12. The van der Waals surface area contributed by atoms with Crippen molar-refractivity contribution in [2.45, 2.75) is 50.9 Å². The first-order chi connectivity index (χ1) is 28.8. The lowest BCUT2D eigenvalue weighted by Gasteiger charge is -2.30. The number of nitrogens with one attached hydrogen (secondary N) is 1. The van der Waals surface area contributed by atoms with Crippen LogP contribution in [0.25, 0.3) is 22.7 Å². The molecule has 6 aromatic rings. The van der Waals surface area contributed by atoms with Crippen LogP contribution in [0.5, 0.6) is 0 Å². The number of benzene rings is 5. The quantitative estimate of drug-likeness (QED) is 0.168. The molecule has 5 aromatic carbocycles. The fraction of sp³-hybridized carbons (Fsp3) is 0.148. The summed E-state index contributed by atoms with van der Waals surface area (Å²) in [5, 5.41) is 5.12. The van der Waals surface area contributed by atoms with Crippen LogP contribution < -0.4 is 15.1 Å². The predicted octanol–water partition coefficient (Wildman–Crippen LogP) is 14.1. The first-order valence-electron chi connectivity index (χ1n) is 20.9. The molecule has 58 heavy (non-hydrogen) atoms. The van der Waals surface area contributed by atoms with Crippen molar-refractivity contribution in [2.75, 3.05) is 15.1 Å². The molecule has 1 N–H and O–H groups in total. The van der Waals surface area contributed by atoms with Crippen molar-refractivity contribution < 1.29 is 0 Å². The van der Waals surface area contributed by atoms with E-state index in [9.17, 15) is 0 Å². The number of nitrogens with zero attached hydrogens (tertiary/aromatic N) is 3. The number of aromatic nitrogens is 1. The first kappa shape index (κ1) is 34.5. The topological polar surface area (TPSA) is 23.4 Å². The van der Waals surface area contributed by atoms with Gasteiger partial charge in [0.15, 0.2) is 0 Å². The summed E-state index contributed by atoms with van der Waals surface area (Å²) in [6.45, 7) is 0. The van der Waals surface area contributed by atoms with Crippen molar-refractivity contribution in [3.05, 3.63) is 221 Å². The van der Waals surface area contributed by atoms with Crippen molar-refractivity contribution in [1.82, 2.24) is 4.57 Å². The zero-order chi connectivity index (χ0) is 38.4. The van der Waals surface area contributed by atoms with Gasteiger partial charge in [0.2, 0.25) is 0 Å². The van der Waals surface area contributed by atoms with Gasteiger partial charge in [-0.25, -0.2) is 0 Å². The third-order valence-corrected chi connectivity index (χ3v) is 12.5. The molecule has 5 aliphatic rings. The Morgan fingerprint density at radius 3 is 2.12 bits per heavy atom. The van der Waals surface area contributed by atoms with Crippen LogP contribution in [0.15, 0.2) is 204 Å². The van der Waals surface area contributed by atoms with E-state index in [0.717, 1.165) is 50.6 Å². The third-order valence-electron chi connectivity index (χ3n) is 12.5. The van der Waals surface area contributed by atoms with Crippen LogP contribution in [0.2, 0.25) is 0 Å². The fourth-order valence-electron chi connectivity index (χ4n) is 9.80. The minimum absolute atomic E-state index is 0.408. The molecule has 282 valence electrons. The smallest absolute Gasteiger partial charge is 0.0558 e. The highest BCUT2D eigenvalue weighted by Crippen LogP contribution is 2.51. The second kappa shape index (κ2) is 14.6. The standard InChI is InChI=1S/C54H46N4/c1-4-14-42(15-5-1)56(46-33-35-50-48-21-11-13-23-52(48)58(54(50)37-46)44-18-8-3-9-19-44)45-31-26-39(27-32-45)38-24-28-40(29-25-38)55-41-30-34-49-47-20-10-12-22-51(47)57(53(49)36-41)43-16-6-2-7-17-43/h1-12,14-19,21-22,24,26,28,30-31,33-37,47,55H,13,20,23,25,27,29,32H2. The van der Waals surface area contributed by atoms with Gasteiger partial charge in [-0.1, -0.05) is 103 Å². The third kappa shape index (κ3) is 6.08. The maximum atomic E-state index is 3.80. The average Bonchev–Trinajstić information content (AvgIpc) is 3.80. The molecule has 11 rings (SSSR count). The van der Waals surface area contributed by atoms with Crippen LogP contribution in [-0.4, -0.2) is 4.57 Å². The normalized spacial score (nSPS) is 18.0. The van der Waals surface area contributed by atoms with Crippen molar-refractivity contribution in [1.29, 1.82) is 0 Å². The maximum absolute atomic E-state index is 3.80. The minimum Gasteiger partial charge on any atom is -0.359 e. The maximum Gasteiger partial charge on any atom is 0.0558 e. The van der Waals surface area contributed by atoms with Gasteiger partial charge in [-0.3, -0.25) is 0 Å². The molecule has 4 nitrogen and oxygen atoms in total. The van der Waals surface area contributed by atoms with Gasteiger partial charge in [0.25, 0.3) is 0 Å². The molecule has 1 aliphatic heterocycles. The second-order valence-corrected chi connectivity index (χ2v) is 16.0. The number of anilines is 5. The predicted molar refractivity (Wildman–Crippen MR) is 243 cm³/mol. The average molecular weight is 751 g/mol. The lowest BCUT2D eigenvalue weighted by Crippen LogP contribution is -2.18. The molecule has 1 atom stereocenters. The number of allylic oxidation sites excluding steroid dienone is 13. The van der Waals surface area contributed by atoms with E-state index in [4.69, 9.17) is 0 Å². The summed E-state index contributed by atoms with van der Waals surface area (Å²) in [6, 6.07) is 46.5. The van der Waals surface area contributed by atoms with E-state index in [-0.39, 0.29) is 0 Å². The Hall–Kier alpha value is -6.78. The molecule has 1 aromatic heterocycles. The summed E-state index contributed by atoms with van der Waals surface area (Å²) in [7, 11) is 0. The van der Waals surface area contributed by atoms with Crippen molar-refractivity contribution >= 4 is 45.4 Å². The van der Waals surface area contributed by atoms with E-state index in [0.29, 0.717) is 5.92 Å². The van der Waals surface area contributed by atoms with Gasteiger partial charge in [-0.05, 0) is 141 Å². The summed E-state index contributed by atoms with van der Waals surface area (Å²) in [5.74, 6) is 0.408. The van der Waals surface area contributed by atoms with Crippen molar-refractivity contribution in [2.24, 2.45) is 0 Å². The summed E-state index contributed by atoms with van der Waals surface area (Å²) < 4.78 is 2.49. The van der Waals surface area contributed by atoms with Gasteiger partial charge in [0.1, 0.15) is 0 Å². The lowest BCUT2D eigenvalue weighted by atomic mass is 9.89. The highest BCUT2D eigenvalue weighted by molar-refractivity contribution is 5.96. The van der Waals surface area contributed by atoms with Gasteiger partial charge in [0.05, 0.1) is 11.2 Å². The molecular weight excluding hydrogens is 705 g/mol. The van der Waals surface area contributed by atoms with E-state index in [2.05, 4.69) is 202 Å². The molecule has 4 heteroatoms. The molecule has 2 heterocycles. The van der Waals surface area contributed by atoms with Gasteiger partial charge in [-0.2, -0.15) is 0 Å². The molecule has 0 fully saturated rings. The monoisotopic (exact) mass is 750 g/mol. The Morgan fingerprint density at radius 2 is 1.36 bits per heavy atom. The lowest BCUT2D eigenvalue weighted by molar-refractivity contribution is 0.819.